The summed E-state index contributed by atoms with van der Waals surface area (Å²) in [6.45, 7) is 11.6. The molecule has 0 spiro atoms. The zero-order valence-corrected chi connectivity index (χ0v) is 16.3. The van der Waals surface area contributed by atoms with Crippen molar-refractivity contribution in [2.75, 3.05) is 0 Å². The maximum absolute atomic E-state index is 12.5. The van der Waals surface area contributed by atoms with E-state index >= 15 is 0 Å². The Labute approximate surface area is 151 Å². The summed E-state index contributed by atoms with van der Waals surface area (Å²) in [6.07, 6.45) is 1.27. The molecule has 2 amide bonds. The lowest BCUT2D eigenvalue weighted by Crippen LogP contribution is -2.55. The van der Waals surface area contributed by atoms with Crippen LogP contribution in [0.5, 0.6) is 0 Å². The minimum Gasteiger partial charge on any atom is -0.480 e. The molecule has 7 nitrogen and oxygen atoms in total. The summed E-state index contributed by atoms with van der Waals surface area (Å²) in [7, 11) is 0. The minimum atomic E-state index is -1.08. The van der Waals surface area contributed by atoms with E-state index in [1.165, 1.54) is 0 Å². The normalized spacial score (nSPS) is 15.1. The van der Waals surface area contributed by atoms with Crippen LogP contribution in [0, 0.1) is 17.8 Å². The van der Waals surface area contributed by atoms with Crippen LogP contribution in [0.4, 0.5) is 0 Å². The summed E-state index contributed by atoms with van der Waals surface area (Å²) in [6, 6.07) is -2.45. The van der Waals surface area contributed by atoms with E-state index in [4.69, 9.17) is 5.73 Å². The zero-order chi connectivity index (χ0) is 19.7. The van der Waals surface area contributed by atoms with Crippen molar-refractivity contribution < 1.29 is 19.5 Å². The molecule has 0 aliphatic heterocycles. The van der Waals surface area contributed by atoms with Crippen molar-refractivity contribution >= 4 is 17.8 Å². The number of amides is 2. The molecule has 0 saturated heterocycles. The SMILES string of the molecule is CC(C)C[C@@H](N)C(=O)N[C@H](CC(C)C)C(=O)N[C@H](CC(C)C)C(=O)O. The fourth-order valence-electron chi connectivity index (χ4n) is 2.56. The molecule has 146 valence electrons. The summed E-state index contributed by atoms with van der Waals surface area (Å²) in [5.74, 6) is -1.39. The molecule has 0 heterocycles. The molecule has 0 bridgehead atoms. The second-order valence-corrected chi connectivity index (χ2v) is 7.96. The van der Waals surface area contributed by atoms with Gasteiger partial charge < -0.3 is 21.5 Å². The Kier molecular flexibility index (Phi) is 10.4. The molecular weight excluding hydrogens is 322 g/mol. The lowest BCUT2D eigenvalue weighted by molar-refractivity contribution is -0.142. The third-order valence-electron chi connectivity index (χ3n) is 3.72. The van der Waals surface area contributed by atoms with E-state index in [1.54, 1.807) is 0 Å². The average Bonchev–Trinajstić information content (AvgIpc) is 2.43. The van der Waals surface area contributed by atoms with Crippen molar-refractivity contribution in [2.45, 2.75) is 78.9 Å². The quantitative estimate of drug-likeness (QED) is 0.446. The lowest BCUT2D eigenvalue weighted by Gasteiger charge is -2.25. The number of carboxylic acids is 1. The number of aliphatic carboxylic acids is 1. The number of nitrogens with one attached hydrogen (secondary N) is 2. The van der Waals surface area contributed by atoms with Gasteiger partial charge in [0.2, 0.25) is 11.8 Å². The van der Waals surface area contributed by atoms with Crippen LogP contribution in [-0.2, 0) is 14.4 Å². The van der Waals surface area contributed by atoms with Gasteiger partial charge in [-0.25, -0.2) is 4.79 Å². The Bertz CT molecular complexity index is 450. The first kappa shape index (κ1) is 23.4. The highest BCUT2D eigenvalue weighted by Gasteiger charge is 2.28. The molecule has 0 radical (unpaired) electrons. The second-order valence-electron chi connectivity index (χ2n) is 7.96. The van der Waals surface area contributed by atoms with E-state index in [1.807, 2.05) is 41.5 Å². The van der Waals surface area contributed by atoms with Gasteiger partial charge in [-0.15, -0.1) is 0 Å². The van der Waals surface area contributed by atoms with E-state index in [-0.39, 0.29) is 23.7 Å². The number of hydrogen-bond donors (Lipinski definition) is 4. The molecule has 0 saturated carbocycles. The van der Waals surface area contributed by atoms with Crippen LogP contribution < -0.4 is 16.4 Å². The lowest BCUT2D eigenvalue weighted by atomic mass is 9.99. The first-order valence-electron chi connectivity index (χ1n) is 9.03. The van der Waals surface area contributed by atoms with Crippen LogP contribution in [0.1, 0.15) is 60.8 Å². The molecule has 0 aromatic rings. The Morgan fingerprint density at radius 1 is 0.760 bits per heavy atom. The predicted molar refractivity (Wildman–Crippen MR) is 97.8 cm³/mol. The molecular formula is C18H35N3O4. The average molecular weight is 357 g/mol. The van der Waals surface area contributed by atoms with E-state index in [0.717, 1.165) is 0 Å². The standard InChI is InChI=1S/C18H35N3O4/c1-10(2)7-13(19)16(22)20-14(8-11(3)4)17(23)21-15(18(24)25)9-12(5)6/h10-15H,7-9,19H2,1-6H3,(H,20,22)(H,21,23)(H,24,25)/t13-,14-,15-/m1/s1. The van der Waals surface area contributed by atoms with Crippen molar-refractivity contribution in [1.29, 1.82) is 0 Å². The fraction of sp³-hybridized carbons (Fsp3) is 0.833. The van der Waals surface area contributed by atoms with Gasteiger partial charge in [0.15, 0.2) is 0 Å². The van der Waals surface area contributed by atoms with Gasteiger partial charge in [0.25, 0.3) is 0 Å². The van der Waals surface area contributed by atoms with E-state index in [0.29, 0.717) is 19.3 Å². The number of carboxylic acid groups (broad SMARTS) is 1. The molecule has 3 atom stereocenters. The van der Waals surface area contributed by atoms with Crippen molar-refractivity contribution in [2.24, 2.45) is 23.5 Å². The van der Waals surface area contributed by atoms with Crippen molar-refractivity contribution in [3.05, 3.63) is 0 Å². The Morgan fingerprint density at radius 3 is 1.56 bits per heavy atom. The number of nitrogens with two attached hydrogens (primary N) is 1. The summed E-state index contributed by atoms with van der Waals surface area (Å²) in [5.41, 5.74) is 5.87. The number of hydrogen-bond acceptors (Lipinski definition) is 4. The molecule has 7 heteroatoms. The zero-order valence-electron chi connectivity index (χ0n) is 16.3. The van der Waals surface area contributed by atoms with Crippen LogP contribution in [-0.4, -0.2) is 41.0 Å². The largest absolute Gasteiger partial charge is 0.480 e. The maximum atomic E-state index is 12.5. The Balaban J connectivity index is 5.02. The number of rotatable bonds is 11. The number of carbonyl (C=O) groups excluding carboxylic acids is 2. The Morgan fingerprint density at radius 2 is 1.16 bits per heavy atom. The van der Waals surface area contributed by atoms with Gasteiger partial charge in [0, 0.05) is 0 Å². The summed E-state index contributed by atoms with van der Waals surface area (Å²) < 4.78 is 0. The van der Waals surface area contributed by atoms with Crippen LogP contribution in [0.2, 0.25) is 0 Å². The topological polar surface area (TPSA) is 122 Å². The monoisotopic (exact) mass is 357 g/mol. The highest BCUT2D eigenvalue weighted by Crippen LogP contribution is 2.10. The first-order valence-corrected chi connectivity index (χ1v) is 9.03. The van der Waals surface area contributed by atoms with Crippen LogP contribution in [0.15, 0.2) is 0 Å². The Hall–Kier alpha value is -1.63. The van der Waals surface area contributed by atoms with Crippen LogP contribution >= 0.6 is 0 Å². The highest BCUT2D eigenvalue weighted by atomic mass is 16.4. The highest BCUT2D eigenvalue weighted by molar-refractivity contribution is 5.91. The smallest absolute Gasteiger partial charge is 0.326 e. The summed E-state index contributed by atoms with van der Waals surface area (Å²) in [4.78, 5) is 36.1. The molecule has 0 aliphatic carbocycles. The molecule has 0 fully saturated rings. The van der Waals surface area contributed by atoms with E-state index < -0.39 is 30.0 Å². The molecule has 0 rings (SSSR count). The maximum Gasteiger partial charge on any atom is 0.326 e. The summed E-state index contributed by atoms with van der Waals surface area (Å²) in [5, 5.41) is 14.5. The van der Waals surface area contributed by atoms with Gasteiger partial charge in [0.05, 0.1) is 6.04 Å². The van der Waals surface area contributed by atoms with E-state index in [9.17, 15) is 19.5 Å². The van der Waals surface area contributed by atoms with Crippen molar-refractivity contribution in [3.63, 3.8) is 0 Å². The molecule has 0 aliphatic rings. The van der Waals surface area contributed by atoms with Crippen LogP contribution in [0.25, 0.3) is 0 Å². The van der Waals surface area contributed by atoms with Gasteiger partial charge in [0.1, 0.15) is 12.1 Å². The van der Waals surface area contributed by atoms with Crippen molar-refractivity contribution in [3.8, 4) is 0 Å². The molecule has 0 unspecified atom stereocenters. The molecule has 25 heavy (non-hydrogen) atoms. The first-order chi connectivity index (χ1) is 11.4. The molecule has 0 aromatic heterocycles. The van der Waals surface area contributed by atoms with Crippen molar-refractivity contribution in [1.82, 2.24) is 10.6 Å². The third-order valence-corrected chi connectivity index (χ3v) is 3.72. The van der Waals surface area contributed by atoms with Gasteiger partial charge in [-0.3, -0.25) is 9.59 Å². The van der Waals surface area contributed by atoms with Crippen LogP contribution in [0.3, 0.4) is 0 Å². The van der Waals surface area contributed by atoms with Gasteiger partial charge in [-0.1, -0.05) is 41.5 Å². The fourth-order valence-corrected chi connectivity index (χ4v) is 2.56. The van der Waals surface area contributed by atoms with Gasteiger partial charge in [-0.2, -0.15) is 0 Å². The van der Waals surface area contributed by atoms with Gasteiger partial charge in [-0.05, 0) is 37.0 Å². The predicted octanol–water partition coefficient (Wildman–Crippen LogP) is 1.51. The second kappa shape index (κ2) is 11.1. The molecule has 5 N–H and O–H groups in total. The molecule has 0 aromatic carbocycles. The van der Waals surface area contributed by atoms with Gasteiger partial charge >= 0.3 is 5.97 Å². The third kappa shape index (κ3) is 10.1. The summed E-state index contributed by atoms with van der Waals surface area (Å²) >= 11 is 0. The minimum absolute atomic E-state index is 0.124. The number of carbonyl (C=O) groups is 3. The van der Waals surface area contributed by atoms with E-state index in [2.05, 4.69) is 10.6 Å².